The number of amides is 1. The van der Waals surface area contributed by atoms with Crippen molar-refractivity contribution in [1.82, 2.24) is 4.90 Å². The number of carboxylic acids is 1. The number of carboxylic acid groups (broad SMARTS) is 1. The lowest BCUT2D eigenvalue weighted by Gasteiger charge is -2.17. The summed E-state index contributed by atoms with van der Waals surface area (Å²) in [4.78, 5) is 24.2. The molecule has 0 saturated carbocycles. The molecular formula is C12H15NO3S. The molecule has 0 fully saturated rings. The van der Waals surface area contributed by atoms with E-state index in [9.17, 15) is 9.59 Å². The molecule has 0 unspecified atom stereocenters. The van der Waals surface area contributed by atoms with E-state index in [4.69, 9.17) is 5.11 Å². The fraction of sp³-hybridized carbons (Fsp3) is 0.333. The highest BCUT2D eigenvalue weighted by molar-refractivity contribution is 7.07. The van der Waals surface area contributed by atoms with Gasteiger partial charge in [-0.25, -0.2) is 4.79 Å². The minimum atomic E-state index is -1.06. The van der Waals surface area contributed by atoms with Crippen molar-refractivity contribution in [1.29, 1.82) is 0 Å². The van der Waals surface area contributed by atoms with Gasteiger partial charge in [0.15, 0.2) is 0 Å². The number of carbonyl (C=O) groups is 2. The van der Waals surface area contributed by atoms with Gasteiger partial charge in [0, 0.05) is 24.7 Å². The van der Waals surface area contributed by atoms with Crippen molar-refractivity contribution in [3.63, 3.8) is 0 Å². The van der Waals surface area contributed by atoms with Gasteiger partial charge in [-0.1, -0.05) is 0 Å². The van der Waals surface area contributed by atoms with Gasteiger partial charge in [-0.3, -0.25) is 4.79 Å². The van der Waals surface area contributed by atoms with Crippen LogP contribution in [0.4, 0.5) is 0 Å². The number of thiophene rings is 1. The lowest BCUT2D eigenvalue weighted by Crippen LogP contribution is -2.27. The molecule has 4 nitrogen and oxygen atoms in total. The Morgan fingerprint density at radius 3 is 2.47 bits per heavy atom. The Morgan fingerprint density at radius 1 is 1.35 bits per heavy atom. The highest BCUT2D eigenvalue weighted by Crippen LogP contribution is 2.12. The van der Waals surface area contributed by atoms with Crippen LogP contribution in [0.5, 0.6) is 0 Å². The van der Waals surface area contributed by atoms with E-state index in [-0.39, 0.29) is 17.1 Å². The maximum Gasteiger partial charge on any atom is 0.331 e. The Labute approximate surface area is 104 Å². The van der Waals surface area contributed by atoms with Crippen LogP contribution >= 0.6 is 11.3 Å². The van der Waals surface area contributed by atoms with E-state index in [1.165, 1.54) is 18.7 Å². The third kappa shape index (κ3) is 3.42. The SMILES string of the molecule is C/C(C(=O)O)=C(\C)C(=O)N(C)Cc1ccsc1. The second-order valence-electron chi connectivity index (χ2n) is 3.85. The molecule has 0 atom stereocenters. The largest absolute Gasteiger partial charge is 0.478 e. The van der Waals surface area contributed by atoms with Crippen molar-refractivity contribution in [3.8, 4) is 0 Å². The van der Waals surface area contributed by atoms with Crippen LogP contribution in [0.1, 0.15) is 19.4 Å². The molecule has 5 heteroatoms. The van der Waals surface area contributed by atoms with Gasteiger partial charge in [-0.2, -0.15) is 11.3 Å². The molecule has 92 valence electrons. The van der Waals surface area contributed by atoms with Crippen molar-refractivity contribution < 1.29 is 14.7 Å². The van der Waals surface area contributed by atoms with Gasteiger partial charge in [0.05, 0.1) is 0 Å². The van der Waals surface area contributed by atoms with E-state index in [2.05, 4.69) is 0 Å². The zero-order chi connectivity index (χ0) is 13.0. The highest BCUT2D eigenvalue weighted by Gasteiger charge is 2.16. The summed E-state index contributed by atoms with van der Waals surface area (Å²) in [6, 6.07) is 1.94. The molecular weight excluding hydrogens is 238 g/mol. The predicted molar refractivity (Wildman–Crippen MR) is 66.8 cm³/mol. The Hall–Kier alpha value is -1.62. The maximum absolute atomic E-state index is 11.9. The zero-order valence-corrected chi connectivity index (χ0v) is 10.9. The van der Waals surface area contributed by atoms with Crippen molar-refractivity contribution in [2.24, 2.45) is 0 Å². The van der Waals surface area contributed by atoms with Gasteiger partial charge in [0.1, 0.15) is 0 Å². The summed E-state index contributed by atoms with van der Waals surface area (Å²) >= 11 is 1.57. The smallest absolute Gasteiger partial charge is 0.331 e. The minimum absolute atomic E-state index is 0.0900. The Balaban J connectivity index is 2.77. The van der Waals surface area contributed by atoms with Crippen LogP contribution in [0, 0.1) is 0 Å². The predicted octanol–water partition coefficient (Wildman–Crippen LogP) is 2.13. The molecule has 0 aliphatic rings. The Morgan fingerprint density at radius 2 is 2.00 bits per heavy atom. The maximum atomic E-state index is 11.9. The van der Waals surface area contributed by atoms with Crippen LogP contribution in [-0.2, 0) is 16.1 Å². The summed E-state index contributed by atoms with van der Waals surface area (Å²) in [5.41, 5.74) is 1.41. The second kappa shape index (κ2) is 5.63. The monoisotopic (exact) mass is 253 g/mol. The van der Waals surface area contributed by atoms with Crippen molar-refractivity contribution in [2.45, 2.75) is 20.4 Å². The number of hydrogen-bond donors (Lipinski definition) is 1. The number of rotatable bonds is 4. The first-order valence-corrected chi connectivity index (χ1v) is 6.05. The third-order valence-corrected chi connectivity index (χ3v) is 3.28. The van der Waals surface area contributed by atoms with E-state index >= 15 is 0 Å². The second-order valence-corrected chi connectivity index (χ2v) is 4.63. The summed E-state index contributed by atoms with van der Waals surface area (Å²) in [5.74, 6) is -1.31. The molecule has 1 N–H and O–H groups in total. The van der Waals surface area contributed by atoms with Gasteiger partial charge in [-0.15, -0.1) is 0 Å². The molecule has 0 aliphatic heterocycles. The van der Waals surface area contributed by atoms with E-state index in [0.717, 1.165) is 5.56 Å². The average Bonchev–Trinajstić information content (AvgIpc) is 2.78. The first-order chi connectivity index (χ1) is 7.93. The summed E-state index contributed by atoms with van der Waals surface area (Å²) in [5, 5.41) is 12.7. The van der Waals surface area contributed by atoms with Gasteiger partial charge >= 0.3 is 5.97 Å². The van der Waals surface area contributed by atoms with E-state index in [1.54, 1.807) is 18.4 Å². The molecule has 0 aromatic carbocycles. The first-order valence-electron chi connectivity index (χ1n) is 5.10. The van der Waals surface area contributed by atoms with Gasteiger partial charge in [0.2, 0.25) is 5.91 Å². The van der Waals surface area contributed by atoms with Crippen LogP contribution in [0.3, 0.4) is 0 Å². The average molecular weight is 253 g/mol. The zero-order valence-electron chi connectivity index (χ0n) is 10.1. The van der Waals surface area contributed by atoms with Crippen molar-refractivity contribution in [2.75, 3.05) is 7.05 Å². The molecule has 1 rings (SSSR count). The normalized spacial score (nSPS) is 11.9. The van der Waals surface area contributed by atoms with E-state index < -0.39 is 5.97 Å². The molecule has 0 bridgehead atoms. The molecule has 0 radical (unpaired) electrons. The minimum Gasteiger partial charge on any atom is -0.478 e. The molecule has 0 aliphatic carbocycles. The summed E-state index contributed by atoms with van der Waals surface area (Å²) < 4.78 is 0. The molecule has 0 saturated heterocycles. The van der Waals surface area contributed by atoms with Crippen LogP contribution in [0.2, 0.25) is 0 Å². The van der Waals surface area contributed by atoms with Crippen molar-refractivity contribution >= 4 is 23.2 Å². The van der Waals surface area contributed by atoms with Crippen LogP contribution in [0.25, 0.3) is 0 Å². The van der Waals surface area contributed by atoms with Gasteiger partial charge in [-0.05, 0) is 36.2 Å². The lowest BCUT2D eigenvalue weighted by molar-refractivity contribution is -0.133. The topological polar surface area (TPSA) is 57.6 Å². The number of likely N-dealkylation sites (N-methyl/N-ethyl adjacent to an activating group) is 1. The van der Waals surface area contributed by atoms with Gasteiger partial charge < -0.3 is 10.0 Å². The summed E-state index contributed by atoms with van der Waals surface area (Å²) in [6.45, 7) is 3.47. The molecule has 1 aromatic heterocycles. The first kappa shape index (κ1) is 13.4. The van der Waals surface area contributed by atoms with Crippen LogP contribution < -0.4 is 0 Å². The number of nitrogens with zero attached hydrogens (tertiary/aromatic N) is 1. The summed E-state index contributed by atoms with van der Waals surface area (Å²) in [6.07, 6.45) is 0. The Kier molecular flexibility index (Phi) is 4.45. The molecule has 1 aromatic rings. The highest BCUT2D eigenvalue weighted by atomic mass is 32.1. The number of aliphatic carboxylic acids is 1. The van der Waals surface area contributed by atoms with Crippen LogP contribution in [0.15, 0.2) is 28.0 Å². The fourth-order valence-electron chi connectivity index (χ4n) is 1.34. The van der Waals surface area contributed by atoms with Crippen LogP contribution in [-0.4, -0.2) is 28.9 Å². The lowest BCUT2D eigenvalue weighted by atomic mass is 10.1. The van der Waals surface area contributed by atoms with Gasteiger partial charge in [0.25, 0.3) is 0 Å². The standard InChI is InChI=1S/C12H15NO3S/c1-8(9(2)12(15)16)11(14)13(3)6-10-4-5-17-7-10/h4-5,7H,6H2,1-3H3,(H,15,16)/b9-8-. The van der Waals surface area contributed by atoms with Crippen molar-refractivity contribution in [3.05, 3.63) is 33.5 Å². The molecule has 1 amide bonds. The number of carbonyl (C=O) groups excluding carboxylic acids is 1. The molecule has 0 spiro atoms. The van der Waals surface area contributed by atoms with E-state index in [1.807, 2.05) is 16.8 Å². The quantitative estimate of drug-likeness (QED) is 0.836. The summed E-state index contributed by atoms with van der Waals surface area (Å²) in [7, 11) is 1.67. The molecule has 1 heterocycles. The Bertz CT molecular complexity index is 448. The molecule has 17 heavy (non-hydrogen) atoms. The number of hydrogen-bond acceptors (Lipinski definition) is 3. The van der Waals surface area contributed by atoms with E-state index in [0.29, 0.717) is 6.54 Å². The third-order valence-electron chi connectivity index (χ3n) is 2.55. The fourth-order valence-corrected chi connectivity index (χ4v) is 2.00.